The lowest BCUT2D eigenvalue weighted by atomic mass is 10.0. The third-order valence-electron chi connectivity index (χ3n) is 2.94. The van der Waals surface area contributed by atoms with Crippen molar-refractivity contribution in [2.24, 2.45) is 0 Å². The summed E-state index contributed by atoms with van der Waals surface area (Å²) < 4.78 is 38.1. The number of nitrogens with one attached hydrogen (secondary N) is 1. The Morgan fingerprint density at radius 1 is 1.14 bits per heavy atom. The maximum atomic E-state index is 12.7. The maximum absolute atomic E-state index is 12.7. The van der Waals surface area contributed by atoms with Crippen molar-refractivity contribution in [3.05, 3.63) is 64.8 Å². The largest absolute Gasteiger partial charge is 0.431 e. The van der Waals surface area contributed by atoms with Crippen LogP contribution in [0.25, 0.3) is 16.5 Å². The van der Waals surface area contributed by atoms with Gasteiger partial charge >= 0.3 is 6.18 Å². The molecule has 0 aliphatic carbocycles. The van der Waals surface area contributed by atoms with Crippen molar-refractivity contribution >= 4 is 39.7 Å². The van der Waals surface area contributed by atoms with Crippen LogP contribution in [0, 0.1) is 0 Å². The van der Waals surface area contributed by atoms with Gasteiger partial charge in [0.25, 0.3) is 0 Å². The van der Waals surface area contributed by atoms with Crippen LogP contribution in [-0.2, 0) is 6.18 Å². The summed E-state index contributed by atoms with van der Waals surface area (Å²) in [7, 11) is 0. The fourth-order valence-electron chi connectivity index (χ4n) is 1.96. The van der Waals surface area contributed by atoms with E-state index in [2.05, 4.69) is 18.1 Å². The minimum absolute atomic E-state index is 0.271. The molecule has 1 N–H and O–H groups in total. The summed E-state index contributed by atoms with van der Waals surface area (Å²) in [6.07, 6.45) is -1.55. The molecule has 1 heterocycles. The van der Waals surface area contributed by atoms with Crippen LogP contribution in [0.4, 0.5) is 13.2 Å². The van der Waals surface area contributed by atoms with Crippen LogP contribution in [0.5, 0.6) is 0 Å². The summed E-state index contributed by atoms with van der Waals surface area (Å²) in [5.41, 5.74) is 0.476. The molecule has 0 aliphatic heterocycles. The average Bonchev–Trinajstić information content (AvgIpc) is 2.82. The van der Waals surface area contributed by atoms with E-state index in [1.165, 1.54) is 24.3 Å². The summed E-state index contributed by atoms with van der Waals surface area (Å²) >= 11 is 12.1. The van der Waals surface area contributed by atoms with Crippen molar-refractivity contribution in [3.8, 4) is 0 Å². The second-order valence-corrected chi connectivity index (χ2v) is 5.08. The second kappa shape index (κ2) is 5.62. The molecule has 0 unspecified atom stereocenters. The first-order valence-corrected chi connectivity index (χ1v) is 6.58. The number of allylic oxidation sites excluding steroid dienone is 4. The van der Waals surface area contributed by atoms with Crippen molar-refractivity contribution in [3.63, 3.8) is 0 Å². The third-order valence-corrected chi connectivity index (χ3v) is 3.62. The van der Waals surface area contributed by atoms with E-state index in [1.807, 2.05) is 0 Å². The summed E-state index contributed by atoms with van der Waals surface area (Å²) in [6, 6.07) is 3.99. The van der Waals surface area contributed by atoms with Gasteiger partial charge in [0.2, 0.25) is 0 Å². The van der Waals surface area contributed by atoms with Crippen LogP contribution >= 0.6 is 23.2 Å². The third kappa shape index (κ3) is 3.01. The zero-order valence-electron chi connectivity index (χ0n) is 10.7. The summed E-state index contributed by atoms with van der Waals surface area (Å²) in [5.74, 6) is 0. The van der Waals surface area contributed by atoms with Gasteiger partial charge in [0.15, 0.2) is 0 Å². The number of fused-ring (bicyclic) bond motifs is 1. The van der Waals surface area contributed by atoms with E-state index >= 15 is 0 Å². The Bertz CT molecular complexity index is 754. The lowest BCUT2D eigenvalue weighted by Crippen LogP contribution is -2.04. The molecule has 21 heavy (non-hydrogen) atoms. The van der Waals surface area contributed by atoms with E-state index in [4.69, 9.17) is 23.2 Å². The minimum Gasteiger partial charge on any atom is -0.351 e. The van der Waals surface area contributed by atoms with Gasteiger partial charge in [-0.15, -0.1) is 0 Å². The van der Waals surface area contributed by atoms with Gasteiger partial charge in [0.1, 0.15) is 5.69 Å². The van der Waals surface area contributed by atoms with Crippen LogP contribution in [0.3, 0.4) is 0 Å². The minimum atomic E-state index is -4.44. The molecular weight excluding hydrogens is 322 g/mol. The summed E-state index contributed by atoms with van der Waals surface area (Å²) in [5, 5.41) is 0.973. The highest BCUT2D eigenvalue weighted by atomic mass is 35.5. The smallest absolute Gasteiger partial charge is 0.351 e. The van der Waals surface area contributed by atoms with Crippen LogP contribution in [0.2, 0.25) is 5.02 Å². The van der Waals surface area contributed by atoms with Gasteiger partial charge in [-0.1, -0.05) is 48.5 Å². The Labute approximate surface area is 129 Å². The van der Waals surface area contributed by atoms with E-state index < -0.39 is 11.9 Å². The maximum Gasteiger partial charge on any atom is 0.431 e. The van der Waals surface area contributed by atoms with Gasteiger partial charge < -0.3 is 4.98 Å². The number of H-pyrrole nitrogens is 1. The number of benzene rings is 1. The van der Waals surface area contributed by atoms with Gasteiger partial charge in [-0.3, -0.25) is 0 Å². The highest BCUT2D eigenvalue weighted by Crippen LogP contribution is 2.36. The van der Waals surface area contributed by atoms with Crippen LogP contribution in [0.15, 0.2) is 48.5 Å². The molecule has 1 nitrogen and oxygen atoms in total. The standard InChI is InChI=1S/C15H10Cl2F3N/c1-3-9(11(16)4-2)10-5-8-6-14(15(18,19)20)21-13(8)7-12(10)17/h3-7,21H,1-2H2. The predicted molar refractivity (Wildman–Crippen MR) is 81.5 cm³/mol. The fourth-order valence-corrected chi connectivity index (χ4v) is 2.40. The molecule has 110 valence electrons. The number of aromatic nitrogens is 1. The summed E-state index contributed by atoms with van der Waals surface area (Å²) in [4.78, 5) is 2.30. The predicted octanol–water partition coefficient (Wildman–Crippen LogP) is 6.16. The first-order valence-electron chi connectivity index (χ1n) is 5.82. The number of hydrogen-bond donors (Lipinski definition) is 1. The molecule has 0 radical (unpaired) electrons. The van der Waals surface area contributed by atoms with Gasteiger partial charge in [-0.05, 0) is 18.2 Å². The first-order chi connectivity index (χ1) is 9.77. The van der Waals surface area contributed by atoms with Crippen LogP contribution in [-0.4, -0.2) is 4.98 Å². The molecule has 0 bridgehead atoms. The number of aromatic amines is 1. The second-order valence-electron chi connectivity index (χ2n) is 4.27. The number of alkyl halides is 3. The van der Waals surface area contributed by atoms with Crippen LogP contribution < -0.4 is 0 Å². The van der Waals surface area contributed by atoms with Crippen molar-refractivity contribution in [1.82, 2.24) is 4.98 Å². The molecule has 0 saturated carbocycles. The Kier molecular flexibility index (Phi) is 4.21. The van der Waals surface area contributed by atoms with E-state index in [0.29, 0.717) is 27.1 Å². The molecule has 2 rings (SSSR count). The molecule has 0 atom stereocenters. The zero-order valence-corrected chi connectivity index (χ0v) is 12.2. The molecule has 0 saturated heterocycles. The Balaban J connectivity index is 2.70. The Morgan fingerprint density at radius 3 is 2.33 bits per heavy atom. The SMILES string of the molecule is C=CC(Cl)=C(C=C)c1cc2cc(C(F)(F)F)[nH]c2cc1Cl. The molecule has 6 heteroatoms. The number of halogens is 5. The van der Waals surface area contributed by atoms with E-state index in [9.17, 15) is 13.2 Å². The molecule has 0 aliphatic rings. The van der Waals surface area contributed by atoms with E-state index in [1.54, 1.807) is 0 Å². The van der Waals surface area contributed by atoms with Gasteiger partial charge in [0.05, 0.1) is 5.02 Å². The van der Waals surface area contributed by atoms with Gasteiger partial charge in [-0.2, -0.15) is 13.2 Å². The molecule has 2 aromatic rings. The molecular formula is C15H10Cl2F3N. The fraction of sp³-hybridized carbons (Fsp3) is 0.0667. The zero-order chi connectivity index (χ0) is 15.8. The molecule has 1 aromatic heterocycles. The quantitative estimate of drug-likeness (QED) is 0.648. The molecule has 0 spiro atoms. The Hall–Kier alpha value is -1.65. The monoisotopic (exact) mass is 331 g/mol. The Morgan fingerprint density at radius 2 is 1.81 bits per heavy atom. The van der Waals surface area contributed by atoms with E-state index in [-0.39, 0.29) is 5.02 Å². The highest BCUT2D eigenvalue weighted by molar-refractivity contribution is 6.37. The number of rotatable bonds is 3. The van der Waals surface area contributed by atoms with Crippen molar-refractivity contribution in [1.29, 1.82) is 0 Å². The molecule has 1 aromatic carbocycles. The highest BCUT2D eigenvalue weighted by Gasteiger charge is 2.32. The van der Waals surface area contributed by atoms with Crippen molar-refractivity contribution in [2.75, 3.05) is 0 Å². The van der Waals surface area contributed by atoms with Gasteiger partial charge in [0, 0.05) is 27.1 Å². The topological polar surface area (TPSA) is 15.8 Å². The number of hydrogen-bond acceptors (Lipinski definition) is 0. The normalized spacial score (nSPS) is 13.2. The average molecular weight is 332 g/mol. The first kappa shape index (κ1) is 15.7. The lowest BCUT2D eigenvalue weighted by Gasteiger charge is -2.07. The van der Waals surface area contributed by atoms with Crippen molar-refractivity contribution in [2.45, 2.75) is 6.18 Å². The van der Waals surface area contributed by atoms with Crippen LogP contribution in [0.1, 0.15) is 11.3 Å². The lowest BCUT2D eigenvalue weighted by molar-refractivity contribution is -0.140. The van der Waals surface area contributed by atoms with E-state index in [0.717, 1.165) is 6.07 Å². The summed E-state index contributed by atoms with van der Waals surface area (Å²) in [6.45, 7) is 7.18. The van der Waals surface area contributed by atoms with Gasteiger partial charge in [-0.25, -0.2) is 0 Å². The molecule has 0 amide bonds. The molecule has 0 fully saturated rings. The van der Waals surface area contributed by atoms with Crippen molar-refractivity contribution < 1.29 is 13.2 Å².